The van der Waals surface area contributed by atoms with Crippen molar-refractivity contribution < 1.29 is 13.9 Å². The lowest BCUT2D eigenvalue weighted by Crippen LogP contribution is -2.51. The molecule has 0 aliphatic carbocycles. The van der Waals surface area contributed by atoms with Crippen LogP contribution in [0.3, 0.4) is 0 Å². The number of carbonyl (C=O) groups excluding carboxylic acids is 1. The highest BCUT2D eigenvalue weighted by Crippen LogP contribution is 2.29. The van der Waals surface area contributed by atoms with Crippen LogP contribution in [0.25, 0.3) is 0 Å². The van der Waals surface area contributed by atoms with E-state index in [-0.39, 0.29) is 11.7 Å². The number of likely N-dealkylation sites (tertiary alicyclic amines) is 1. The largest absolute Gasteiger partial charge is 0.495 e. The number of anilines is 1. The highest BCUT2D eigenvalue weighted by molar-refractivity contribution is 5.79. The number of hydrogen-bond donors (Lipinski definition) is 0. The summed E-state index contributed by atoms with van der Waals surface area (Å²) in [6, 6.07) is 14.8. The molecule has 0 N–H and O–H groups in total. The molecule has 5 nitrogen and oxygen atoms in total. The van der Waals surface area contributed by atoms with Crippen molar-refractivity contribution in [1.82, 2.24) is 9.80 Å². The van der Waals surface area contributed by atoms with Gasteiger partial charge in [0.15, 0.2) is 0 Å². The standard InChI is InChI=1S/C24H30FN3O2/c1-30-23-5-3-2-4-22(23)27-14-16-28(17-15-27)24(29)20-10-12-26(13-11-20)18-19-6-8-21(25)9-7-19/h2-9,20H,10-18H2,1H3. The lowest BCUT2D eigenvalue weighted by molar-refractivity contribution is -0.137. The lowest BCUT2D eigenvalue weighted by Gasteiger charge is -2.39. The summed E-state index contributed by atoms with van der Waals surface area (Å²) in [7, 11) is 1.70. The van der Waals surface area contributed by atoms with E-state index in [2.05, 4.69) is 15.9 Å². The number of halogens is 1. The molecule has 0 radical (unpaired) electrons. The minimum atomic E-state index is -0.200. The normalized spacial score (nSPS) is 18.5. The molecule has 0 unspecified atom stereocenters. The maximum Gasteiger partial charge on any atom is 0.225 e. The molecule has 0 aromatic heterocycles. The Bertz CT molecular complexity index is 842. The van der Waals surface area contributed by atoms with Gasteiger partial charge >= 0.3 is 0 Å². The Morgan fingerprint density at radius 3 is 2.30 bits per heavy atom. The Morgan fingerprint density at radius 2 is 1.63 bits per heavy atom. The Balaban J connectivity index is 1.25. The maximum atomic E-state index is 13.1. The van der Waals surface area contributed by atoms with Crippen molar-refractivity contribution in [2.75, 3.05) is 51.3 Å². The van der Waals surface area contributed by atoms with Crippen LogP contribution in [0.4, 0.5) is 10.1 Å². The Hall–Kier alpha value is -2.60. The number of methoxy groups -OCH3 is 1. The second-order valence-corrected chi connectivity index (χ2v) is 8.16. The zero-order chi connectivity index (χ0) is 20.9. The van der Waals surface area contributed by atoms with Crippen LogP contribution in [0.2, 0.25) is 0 Å². The molecule has 2 saturated heterocycles. The monoisotopic (exact) mass is 411 g/mol. The molecule has 2 aromatic rings. The van der Waals surface area contributed by atoms with Gasteiger partial charge in [0.05, 0.1) is 12.8 Å². The van der Waals surface area contributed by atoms with Crippen LogP contribution < -0.4 is 9.64 Å². The summed E-state index contributed by atoms with van der Waals surface area (Å²) in [4.78, 5) is 19.7. The summed E-state index contributed by atoms with van der Waals surface area (Å²) in [5, 5.41) is 0. The van der Waals surface area contributed by atoms with Crippen molar-refractivity contribution in [3.63, 3.8) is 0 Å². The Morgan fingerprint density at radius 1 is 0.967 bits per heavy atom. The van der Waals surface area contributed by atoms with Crippen LogP contribution in [0.1, 0.15) is 18.4 Å². The van der Waals surface area contributed by atoms with E-state index < -0.39 is 0 Å². The van der Waals surface area contributed by atoms with Gasteiger partial charge in [0.1, 0.15) is 11.6 Å². The molecule has 2 heterocycles. The number of amides is 1. The molecule has 160 valence electrons. The fourth-order valence-electron chi connectivity index (χ4n) is 4.50. The average molecular weight is 412 g/mol. The molecule has 6 heteroatoms. The van der Waals surface area contributed by atoms with Gasteiger partial charge in [0.25, 0.3) is 0 Å². The van der Waals surface area contributed by atoms with Crippen LogP contribution in [-0.2, 0) is 11.3 Å². The smallest absolute Gasteiger partial charge is 0.225 e. The van der Waals surface area contributed by atoms with Crippen LogP contribution in [0.5, 0.6) is 5.75 Å². The third-order valence-corrected chi connectivity index (χ3v) is 6.27. The molecular formula is C24H30FN3O2. The van der Waals surface area contributed by atoms with Crippen molar-refractivity contribution in [2.45, 2.75) is 19.4 Å². The molecule has 30 heavy (non-hydrogen) atoms. The summed E-state index contributed by atoms with van der Waals surface area (Å²) < 4.78 is 18.6. The van der Waals surface area contributed by atoms with E-state index in [0.29, 0.717) is 5.91 Å². The van der Waals surface area contributed by atoms with Crippen molar-refractivity contribution in [2.24, 2.45) is 5.92 Å². The van der Waals surface area contributed by atoms with Gasteiger partial charge in [-0.15, -0.1) is 0 Å². The first-order valence-electron chi connectivity index (χ1n) is 10.8. The van der Waals surface area contributed by atoms with Gasteiger partial charge in [-0.05, 0) is 55.8 Å². The second kappa shape index (κ2) is 9.47. The SMILES string of the molecule is COc1ccccc1N1CCN(C(=O)C2CCN(Cc3ccc(F)cc3)CC2)CC1. The van der Waals surface area contributed by atoms with E-state index in [9.17, 15) is 9.18 Å². The number of piperidine rings is 1. The number of carbonyl (C=O) groups is 1. The van der Waals surface area contributed by atoms with E-state index in [1.807, 2.05) is 35.2 Å². The molecule has 0 spiro atoms. The summed E-state index contributed by atoms with van der Waals surface area (Å²) in [6.45, 7) is 5.81. The molecule has 0 atom stereocenters. The highest BCUT2D eigenvalue weighted by Gasteiger charge is 2.30. The van der Waals surface area contributed by atoms with Gasteiger partial charge in [-0.25, -0.2) is 4.39 Å². The Kier molecular flexibility index (Phi) is 6.53. The first-order chi connectivity index (χ1) is 14.6. The van der Waals surface area contributed by atoms with Crippen molar-refractivity contribution in [1.29, 1.82) is 0 Å². The minimum Gasteiger partial charge on any atom is -0.495 e. The predicted molar refractivity (Wildman–Crippen MR) is 116 cm³/mol. The van der Waals surface area contributed by atoms with Crippen LogP contribution in [0.15, 0.2) is 48.5 Å². The molecular weight excluding hydrogens is 381 g/mol. The summed E-state index contributed by atoms with van der Waals surface area (Å²) in [5.41, 5.74) is 2.22. The number of benzene rings is 2. The number of rotatable bonds is 5. The molecule has 2 aliphatic heterocycles. The van der Waals surface area contributed by atoms with E-state index in [4.69, 9.17) is 4.74 Å². The van der Waals surface area contributed by atoms with Crippen molar-refractivity contribution in [3.8, 4) is 5.75 Å². The number of nitrogens with zero attached hydrogens (tertiary/aromatic N) is 3. The molecule has 0 bridgehead atoms. The van der Waals surface area contributed by atoms with Gasteiger partial charge in [0.2, 0.25) is 5.91 Å². The van der Waals surface area contributed by atoms with Crippen molar-refractivity contribution >= 4 is 11.6 Å². The second-order valence-electron chi connectivity index (χ2n) is 8.16. The molecule has 2 aliphatic rings. The molecule has 2 aromatic carbocycles. The minimum absolute atomic E-state index is 0.118. The summed E-state index contributed by atoms with van der Waals surface area (Å²) in [6.07, 6.45) is 1.79. The van der Waals surface area contributed by atoms with E-state index in [1.165, 1.54) is 12.1 Å². The topological polar surface area (TPSA) is 36.0 Å². The van der Waals surface area contributed by atoms with Gasteiger partial charge in [-0.2, -0.15) is 0 Å². The zero-order valence-corrected chi connectivity index (χ0v) is 17.6. The van der Waals surface area contributed by atoms with E-state index >= 15 is 0 Å². The Labute approximate surface area is 178 Å². The molecule has 0 saturated carbocycles. The van der Waals surface area contributed by atoms with Gasteiger partial charge in [-0.1, -0.05) is 24.3 Å². The van der Waals surface area contributed by atoms with E-state index in [1.54, 1.807) is 7.11 Å². The fourth-order valence-corrected chi connectivity index (χ4v) is 4.50. The van der Waals surface area contributed by atoms with Crippen LogP contribution >= 0.6 is 0 Å². The third kappa shape index (κ3) is 4.75. The molecule has 2 fully saturated rings. The number of para-hydroxylation sites is 2. The maximum absolute atomic E-state index is 13.1. The molecule has 4 rings (SSSR count). The molecule has 1 amide bonds. The van der Waals surface area contributed by atoms with E-state index in [0.717, 1.165) is 75.7 Å². The third-order valence-electron chi connectivity index (χ3n) is 6.27. The van der Waals surface area contributed by atoms with Crippen molar-refractivity contribution in [3.05, 3.63) is 59.9 Å². The quantitative estimate of drug-likeness (QED) is 0.756. The highest BCUT2D eigenvalue weighted by atomic mass is 19.1. The fraction of sp³-hybridized carbons (Fsp3) is 0.458. The van der Waals surface area contributed by atoms with Crippen LogP contribution in [0, 0.1) is 11.7 Å². The van der Waals surface area contributed by atoms with Gasteiger partial charge < -0.3 is 14.5 Å². The average Bonchev–Trinajstić information content (AvgIpc) is 2.81. The number of piperazine rings is 1. The van der Waals surface area contributed by atoms with Crippen LogP contribution in [-0.4, -0.2) is 62.1 Å². The van der Waals surface area contributed by atoms with Gasteiger partial charge in [-0.3, -0.25) is 9.69 Å². The van der Waals surface area contributed by atoms with Gasteiger partial charge in [0, 0.05) is 38.6 Å². The predicted octanol–water partition coefficient (Wildman–Crippen LogP) is 3.40. The summed E-state index contributed by atoms with van der Waals surface area (Å²) >= 11 is 0. The first-order valence-corrected chi connectivity index (χ1v) is 10.8. The number of ether oxygens (including phenoxy) is 1. The number of hydrogen-bond acceptors (Lipinski definition) is 4. The first kappa shape index (κ1) is 20.7. The summed E-state index contributed by atoms with van der Waals surface area (Å²) in [5.74, 6) is 1.10. The zero-order valence-electron chi connectivity index (χ0n) is 17.6. The lowest BCUT2D eigenvalue weighted by atomic mass is 9.94.